The summed E-state index contributed by atoms with van der Waals surface area (Å²) in [6.07, 6.45) is 1.66. The molecular formula is C12H9N5O3. The summed E-state index contributed by atoms with van der Waals surface area (Å²) >= 11 is 0. The minimum Gasteiger partial charge on any atom is -0.424 e. The van der Waals surface area contributed by atoms with Gasteiger partial charge in [-0.15, -0.1) is 0 Å². The molecule has 1 unspecified atom stereocenters. The Balaban J connectivity index is 2.35. The number of hydrogen-bond acceptors (Lipinski definition) is 5. The van der Waals surface area contributed by atoms with Gasteiger partial charge < -0.3 is 15.5 Å². The van der Waals surface area contributed by atoms with Crippen LogP contribution in [0.3, 0.4) is 0 Å². The maximum absolute atomic E-state index is 12.0. The van der Waals surface area contributed by atoms with Crippen LogP contribution in [0, 0.1) is 11.3 Å². The third kappa shape index (κ3) is 1.61. The van der Waals surface area contributed by atoms with Gasteiger partial charge in [0.05, 0.1) is 11.5 Å². The van der Waals surface area contributed by atoms with Crippen LogP contribution in [0.25, 0.3) is 0 Å². The largest absolute Gasteiger partial charge is 0.424 e. The van der Waals surface area contributed by atoms with Crippen LogP contribution in [-0.2, 0) is 0 Å². The van der Waals surface area contributed by atoms with Gasteiger partial charge in [0.25, 0.3) is 5.56 Å². The number of nitrogens with two attached hydrogens (primary N) is 1. The molecule has 8 heteroatoms. The Kier molecular flexibility index (Phi) is 2.47. The molecule has 20 heavy (non-hydrogen) atoms. The lowest BCUT2D eigenvalue weighted by Gasteiger charge is -2.23. The lowest BCUT2D eigenvalue weighted by molar-refractivity contribution is 0.372. The highest BCUT2D eigenvalue weighted by atomic mass is 16.5. The van der Waals surface area contributed by atoms with Crippen LogP contribution in [0.2, 0.25) is 0 Å². The van der Waals surface area contributed by atoms with E-state index in [9.17, 15) is 14.9 Å². The van der Waals surface area contributed by atoms with E-state index in [0.29, 0.717) is 5.69 Å². The summed E-state index contributed by atoms with van der Waals surface area (Å²) in [6.45, 7) is 0. The summed E-state index contributed by atoms with van der Waals surface area (Å²) in [5, 5.41) is 9.24. The molecule has 0 amide bonds. The Bertz CT molecular complexity index is 850. The molecule has 2 aromatic rings. The van der Waals surface area contributed by atoms with E-state index in [-0.39, 0.29) is 22.9 Å². The smallest absolute Gasteiger partial charge is 0.328 e. The number of allylic oxidation sites excluding steroid dienone is 1. The van der Waals surface area contributed by atoms with E-state index in [2.05, 4.69) is 15.0 Å². The molecule has 0 saturated carbocycles. The zero-order valence-electron chi connectivity index (χ0n) is 10.1. The number of aromatic amines is 3. The molecule has 5 N–H and O–H groups in total. The Morgan fingerprint density at radius 2 is 2.15 bits per heavy atom. The van der Waals surface area contributed by atoms with E-state index >= 15 is 0 Å². The zero-order valence-corrected chi connectivity index (χ0v) is 10.1. The monoisotopic (exact) mass is 271 g/mol. The van der Waals surface area contributed by atoms with Crippen molar-refractivity contribution < 1.29 is 4.74 Å². The summed E-state index contributed by atoms with van der Waals surface area (Å²) in [7, 11) is 0. The van der Waals surface area contributed by atoms with Crippen LogP contribution in [0.1, 0.15) is 17.2 Å². The van der Waals surface area contributed by atoms with Gasteiger partial charge in [-0.1, -0.05) is 0 Å². The maximum Gasteiger partial charge on any atom is 0.328 e. The van der Waals surface area contributed by atoms with Crippen LogP contribution in [-0.4, -0.2) is 15.0 Å². The molecule has 0 saturated heterocycles. The first-order valence-electron chi connectivity index (χ1n) is 5.69. The molecule has 1 aliphatic rings. The number of aromatic nitrogens is 3. The van der Waals surface area contributed by atoms with Crippen molar-refractivity contribution in [2.24, 2.45) is 5.73 Å². The number of nitriles is 1. The number of hydrogen-bond donors (Lipinski definition) is 4. The summed E-state index contributed by atoms with van der Waals surface area (Å²) in [6, 6.07) is 5.39. The Morgan fingerprint density at radius 3 is 2.80 bits per heavy atom. The van der Waals surface area contributed by atoms with Crippen molar-refractivity contribution in [3.63, 3.8) is 0 Å². The van der Waals surface area contributed by atoms with Gasteiger partial charge in [-0.2, -0.15) is 5.26 Å². The van der Waals surface area contributed by atoms with Crippen molar-refractivity contribution >= 4 is 0 Å². The number of nitrogens with zero attached hydrogens (tertiary/aromatic N) is 1. The summed E-state index contributed by atoms with van der Waals surface area (Å²) in [5.74, 6) is -0.893. The third-order valence-electron chi connectivity index (χ3n) is 3.05. The van der Waals surface area contributed by atoms with E-state index in [4.69, 9.17) is 10.5 Å². The van der Waals surface area contributed by atoms with Crippen LogP contribution in [0.15, 0.2) is 39.4 Å². The van der Waals surface area contributed by atoms with Crippen molar-refractivity contribution in [3.8, 4) is 11.9 Å². The average molecular weight is 271 g/mol. The van der Waals surface area contributed by atoms with Crippen LogP contribution in [0.5, 0.6) is 5.88 Å². The summed E-state index contributed by atoms with van der Waals surface area (Å²) < 4.78 is 5.17. The molecule has 0 radical (unpaired) electrons. The van der Waals surface area contributed by atoms with Crippen LogP contribution in [0.4, 0.5) is 0 Å². The highest BCUT2D eigenvalue weighted by Crippen LogP contribution is 2.37. The molecule has 1 atom stereocenters. The van der Waals surface area contributed by atoms with Gasteiger partial charge in [0, 0.05) is 11.9 Å². The molecule has 0 spiro atoms. The van der Waals surface area contributed by atoms with Crippen molar-refractivity contribution in [2.45, 2.75) is 5.92 Å². The molecule has 1 aliphatic heterocycles. The Morgan fingerprint density at radius 1 is 1.35 bits per heavy atom. The first-order chi connectivity index (χ1) is 9.61. The van der Waals surface area contributed by atoms with Crippen molar-refractivity contribution in [2.75, 3.05) is 0 Å². The summed E-state index contributed by atoms with van der Waals surface area (Å²) in [5.41, 5.74) is 5.21. The Hall–Kier alpha value is -3.21. The second-order valence-corrected chi connectivity index (χ2v) is 4.20. The molecule has 3 rings (SSSR count). The fourth-order valence-corrected chi connectivity index (χ4v) is 2.22. The molecule has 0 fully saturated rings. The normalized spacial score (nSPS) is 17.2. The standard InChI is InChI=1S/C12H9N5O3/c13-4-5-7(6-2-1-3-15-6)8-10(18)16-12(19)17-11(8)20-9(5)14/h1-3,7,15H,14H2,(H2,16,17,18,19). The first-order valence-corrected chi connectivity index (χ1v) is 5.69. The van der Waals surface area contributed by atoms with Gasteiger partial charge in [0.1, 0.15) is 11.6 Å². The van der Waals surface area contributed by atoms with Gasteiger partial charge >= 0.3 is 5.69 Å². The molecule has 100 valence electrons. The fraction of sp³-hybridized carbons (Fsp3) is 0.0833. The first kappa shape index (κ1) is 11.9. The molecule has 3 heterocycles. The van der Waals surface area contributed by atoms with Gasteiger partial charge in [-0.05, 0) is 12.1 Å². The average Bonchev–Trinajstić information content (AvgIpc) is 2.90. The quantitative estimate of drug-likeness (QED) is 0.559. The second kappa shape index (κ2) is 4.17. The molecule has 0 aliphatic carbocycles. The SMILES string of the molecule is N#CC1=C(N)Oc2[nH]c(=O)[nH]c(=O)c2C1c1ccc[nH]1. The Labute approximate surface area is 111 Å². The van der Waals surface area contributed by atoms with Gasteiger partial charge in [-0.3, -0.25) is 14.8 Å². The molecule has 0 aromatic carbocycles. The van der Waals surface area contributed by atoms with Crippen molar-refractivity contribution in [1.82, 2.24) is 15.0 Å². The topological polar surface area (TPSA) is 141 Å². The molecule has 2 aromatic heterocycles. The summed E-state index contributed by atoms with van der Waals surface area (Å²) in [4.78, 5) is 30.7. The zero-order chi connectivity index (χ0) is 14.3. The predicted molar refractivity (Wildman–Crippen MR) is 67.8 cm³/mol. The van der Waals surface area contributed by atoms with Crippen molar-refractivity contribution in [3.05, 3.63) is 61.9 Å². The minimum absolute atomic E-state index is 0.0464. The van der Waals surface area contributed by atoms with Gasteiger partial charge in [0.15, 0.2) is 0 Å². The number of fused-ring (bicyclic) bond motifs is 1. The molecule has 0 bridgehead atoms. The van der Waals surface area contributed by atoms with E-state index < -0.39 is 17.2 Å². The maximum atomic E-state index is 12.0. The fourth-order valence-electron chi connectivity index (χ4n) is 2.22. The highest BCUT2D eigenvalue weighted by molar-refractivity contribution is 5.50. The minimum atomic E-state index is -0.709. The van der Waals surface area contributed by atoms with Gasteiger partial charge in [-0.25, -0.2) is 4.79 Å². The van der Waals surface area contributed by atoms with Crippen LogP contribution < -0.4 is 21.7 Å². The number of nitrogens with one attached hydrogen (secondary N) is 3. The van der Waals surface area contributed by atoms with Gasteiger partial charge in [0.2, 0.25) is 11.8 Å². The number of rotatable bonds is 1. The highest BCUT2D eigenvalue weighted by Gasteiger charge is 2.34. The predicted octanol–water partition coefficient (Wildman–Crippen LogP) is -0.391. The molecular weight excluding hydrogens is 262 g/mol. The van der Waals surface area contributed by atoms with Crippen LogP contribution >= 0.6 is 0 Å². The lowest BCUT2D eigenvalue weighted by Crippen LogP contribution is -2.33. The number of H-pyrrole nitrogens is 3. The molecule has 8 nitrogen and oxygen atoms in total. The lowest BCUT2D eigenvalue weighted by atomic mass is 9.89. The van der Waals surface area contributed by atoms with E-state index in [1.54, 1.807) is 18.3 Å². The third-order valence-corrected chi connectivity index (χ3v) is 3.05. The van der Waals surface area contributed by atoms with Crippen molar-refractivity contribution in [1.29, 1.82) is 5.26 Å². The van der Waals surface area contributed by atoms with E-state index in [1.807, 2.05) is 6.07 Å². The second-order valence-electron chi connectivity index (χ2n) is 4.20. The van der Waals surface area contributed by atoms with E-state index in [0.717, 1.165) is 0 Å². The van der Waals surface area contributed by atoms with E-state index in [1.165, 1.54) is 0 Å². The number of ether oxygens (including phenoxy) is 1.